The van der Waals surface area contributed by atoms with Gasteiger partial charge in [0.1, 0.15) is 23.2 Å². The maximum atomic E-state index is 13.2. The van der Waals surface area contributed by atoms with Gasteiger partial charge >= 0.3 is 0 Å². The van der Waals surface area contributed by atoms with Gasteiger partial charge in [0.15, 0.2) is 0 Å². The molecule has 0 unspecified atom stereocenters. The van der Waals surface area contributed by atoms with E-state index in [1.807, 2.05) is 0 Å². The number of nitrogen functional groups attached to an aromatic ring is 1. The van der Waals surface area contributed by atoms with Crippen LogP contribution in [0.4, 0.5) is 10.1 Å². The summed E-state index contributed by atoms with van der Waals surface area (Å²) in [7, 11) is 0. The van der Waals surface area contributed by atoms with Gasteiger partial charge in [0.05, 0.1) is 10.7 Å². The molecule has 0 aliphatic heterocycles. The third-order valence-electron chi connectivity index (χ3n) is 2.38. The Morgan fingerprint density at radius 3 is 2.67 bits per heavy atom. The van der Waals surface area contributed by atoms with E-state index in [-0.39, 0.29) is 12.3 Å². The number of anilines is 1. The Hall–Kier alpha value is -1.45. The molecular weight excluding hydrogens is 276 g/mol. The van der Waals surface area contributed by atoms with Crippen LogP contribution in [0.25, 0.3) is 0 Å². The molecule has 0 fully saturated rings. The molecule has 0 spiro atoms. The van der Waals surface area contributed by atoms with Gasteiger partial charge in [0.2, 0.25) is 0 Å². The van der Waals surface area contributed by atoms with Crippen molar-refractivity contribution in [1.29, 1.82) is 0 Å². The maximum absolute atomic E-state index is 13.2. The first-order valence-electron chi connectivity index (χ1n) is 5.18. The third-order valence-corrected chi connectivity index (χ3v) is 3.18. The number of hydrogen-bond donors (Lipinski definition) is 1. The van der Waals surface area contributed by atoms with Crippen LogP contribution in [0.15, 0.2) is 36.4 Å². The Morgan fingerprint density at radius 2 is 1.94 bits per heavy atom. The second kappa shape index (κ2) is 5.46. The van der Waals surface area contributed by atoms with Crippen molar-refractivity contribution in [3.63, 3.8) is 0 Å². The topological polar surface area (TPSA) is 35.2 Å². The van der Waals surface area contributed by atoms with Crippen LogP contribution < -0.4 is 10.5 Å². The summed E-state index contributed by atoms with van der Waals surface area (Å²) in [6.45, 7) is 0.192. The van der Waals surface area contributed by atoms with E-state index in [0.717, 1.165) is 0 Å². The lowest BCUT2D eigenvalue weighted by atomic mass is 10.2. The Balaban J connectivity index is 2.11. The molecule has 0 aliphatic carbocycles. The highest BCUT2D eigenvalue weighted by molar-refractivity contribution is 6.42. The Kier molecular flexibility index (Phi) is 3.94. The van der Waals surface area contributed by atoms with Gasteiger partial charge < -0.3 is 10.5 Å². The SMILES string of the molecule is Nc1ccc(COc2cccc(Cl)c2Cl)cc1F. The van der Waals surface area contributed by atoms with Crippen LogP contribution in [0.2, 0.25) is 10.0 Å². The van der Waals surface area contributed by atoms with Crippen LogP contribution >= 0.6 is 23.2 Å². The van der Waals surface area contributed by atoms with E-state index in [9.17, 15) is 4.39 Å². The largest absolute Gasteiger partial charge is 0.487 e. The summed E-state index contributed by atoms with van der Waals surface area (Å²) in [5.41, 5.74) is 6.16. The number of benzene rings is 2. The Morgan fingerprint density at radius 1 is 1.17 bits per heavy atom. The lowest BCUT2D eigenvalue weighted by molar-refractivity contribution is 0.306. The fourth-order valence-electron chi connectivity index (χ4n) is 1.42. The van der Waals surface area contributed by atoms with Crippen molar-refractivity contribution in [3.8, 4) is 5.75 Å². The highest BCUT2D eigenvalue weighted by Gasteiger charge is 2.06. The molecule has 2 aromatic carbocycles. The molecule has 0 aromatic heterocycles. The standard InChI is InChI=1S/C13H10Cl2FNO/c14-9-2-1-3-12(13(9)15)18-7-8-4-5-11(17)10(16)6-8/h1-6H,7,17H2. The van der Waals surface area contributed by atoms with E-state index < -0.39 is 5.82 Å². The molecule has 2 aromatic rings. The summed E-state index contributed by atoms with van der Waals surface area (Å²) in [6, 6.07) is 9.60. The summed E-state index contributed by atoms with van der Waals surface area (Å²) < 4.78 is 18.7. The Bertz CT molecular complexity index is 575. The quantitative estimate of drug-likeness (QED) is 0.854. The molecule has 94 valence electrons. The van der Waals surface area contributed by atoms with Crippen molar-refractivity contribution < 1.29 is 9.13 Å². The van der Waals surface area contributed by atoms with Gasteiger partial charge in [-0.05, 0) is 29.8 Å². The molecule has 2 N–H and O–H groups in total. The molecule has 0 heterocycles. The van der Waals surface area contributed by atoms with E-state index in [2.05, 4.69) is 0 Å². The van der Waals surface area contributed by atoms with Crippen molar-refractivity contribution in [2.75, 3.05) is 5.73 Å². The van der Waals surface area contributed by atoms with Crippen molar-refractivity contribution >= 4 is 28.9 Å². The number of ether oxygens (including phenoxy) is 1. The van der Waals surface area contributed by atoms with Gasteiger partial charge in [-0.1, -0.05) is 35.3 Å². The number of hydrogen-bond acceptors (Lipinski definition) is 2. The lowest BCUT2D eigenvalue weighted by Crippen LogP contribution is -1.98. The molecule has 0 amide bonds. The second-order valence-corrected chi connectivity index (χ2v) is 4.48. The maximum Gasteiger partial charge on any atom is 0.146 e. The molecule has 5 heteroatoms. The zero-order chi connectivity index (χ0) is 13.1. The zero-order valence-corrected chi connectivity index (χ0v) is 10.8. The number of rotatable bonds is 3. The molecule has 0 atom stereocenters. The summed E-state index contributed by atoms with van der Waals surface area (Å²) in [4.78, 5) is 0. The highest BCUT2D eigenvalue weighted by Crippen LogP contribution is 2.32. The van der Waals surface area contributed by atoms with Crippen molar-refractivity contribution in [2.45, 2.75) is 6.61 Å². The molecule has 2 nitrogen and oxygen atoms in total. The fraction of sp³-hybridized carbons (Fsp3) is 0.0769. The van der Waals surface area contributed by atoms with Gasteiger partial charge in [-0.15, -0.1) is 0 Å². The molecule has 2 rings (SSSR count). The smallest absolute Gasteiger partial charge is 0.146 e. The van der Waals surface area contributed by atoms with Crippen LogP contribution in [0, 0.1) is 5.82 Å². The lowest BCUT2D eigenvalue weighted by Gasteiger charge is -2.09. The van der Waals surface area contributed by atoms with Crippen LogP contribution in [0.3, 0.4) is 0 Å². The van der Waals surface area contributed by atoms with Crippen LogP contribution in [-0.4, -0.2) is 0 Å². The van der Waals surface area contributed by atoms with Crippen molar-refractivity contribution in [1.82, 2.24) is 0 Å². The fourth-order valence-corrected chi connectivity index (χ4v) is 1.76. The van der Waals surface area contributed by atoms with Crippen LogP contribution in [0.1, 0.15) is 5.56 Å². The minimum atomic E-state index is -0.465. The average molecular weight is 286 g/mol. The predicted molar refractivity (Wildman–Crippen MR) is 71.6 cm³/mol. The number of nitrogens with two attached hydrogens (primary N) is 1. The molecule has 0 saturated heterocycles. The van der Waals surface area contributed by atoms with Gasteiger partial charge in [0.25, 0.3) is 0 Å². The average Bonchev–Trinajstić information content (AvgIpc) is 2.35. The van der Waals surface area contributed by atoms with Gasteiger partial charge in [-0.3, -0.25) is 0 Å². The molecule has 0 bridgehead atoms. The Labute approximate surface area is 114 Å². The molecular formula is C13H10Cl2FNO. The van der Waals surface area contributed by atoms with Gasteiger partial charge in [-0.2, -0.15) is 0 Å². The van der Waals surface area contributed by atoms with Crippen LogP contribution in [-0.2, 0) is 6.61 Å². The summed E-state index contributed by atoms with van der Waals surface area (Å²) >= 11 is 11.8. The first-order chi connectivity index (χ1) is 8.58. The first-order valence-corrected chi connectivity index (χ1v) is 5.94. The van der Waals surface area contributed by atoms with Gasteiger partial charge in [0, 0.05) is 0 Å². The van der Waals surface area contributed by atoms with E-state index in [0.29, 0.717) is 21.4 Å². The molecule has 0 aliphatic rings. The zero-order valence-electron chi connectivity index (χ0n) is 9.29. The van der Waals surface area contributed by atoms with E-state index in [4.69, 9.17) is 33.7 Å². The minimum Gasteiger partial charge on any atom is -0.487 e. The normalized spacial score (nSPS) is 10.4. The first kappa shape index (κ1) is 13.0. The number of halogens is 3. The van der Waals surface area contributed by atoms with Crippen molar-refractivity contribution in [3.05, 3.63) is 57.8 Å². The second-order valence-electron chi connectivity index (χ2n) is 3.70. The molecule has 0 saturated carbocycles. The minimum absolute atomic E-state index is 0.111. The summed E-state index contributed by atoms with van der Waals surface area (Å²) in [5, 5.41) is 0.757. The van der Waals surface area contributed by atoms with Crippen molar-refractivity contribution in [2.24, 2.45) is 0 Å². The van der Waals surface area contributed by atoms with E-state index in [1.165, 1.54) is 12.1 Å². The molecule has 0 radical (unpaired) electrons. The molecule has 18 heavy (non-hydrogen) atoms. The predicted octanol–water partition coefficient (Wildman–Crippen LogP) is 4.29. The third kappa shape index (κ3) is 2.86. The van der Waals surface area contributed by atoms with Crippen LogP contribution in [0.5, 0.6) is 5.75 Å². The summed E-state index contributed by atoms with van der Waals surface area (Å²) in [5.74, 6) is -0.00492. The van der Waals surface area contributed by atoms with E-state index >= 15 is 0 Å². The van der Waals surface area contributed by atoms with Gasteiger partial charge in [-0.25, -0.2) is 4.39 Å². The summed E-state index contributed by atoms with van der Waals surface area (Å²) in [6.07, 6.45) is 0. The highest BCUT2D eigenvalue weighted by atomic mass is 35.5. The van der Waals surface area contributed by atoms with E-state index in [1.54, 1.807) is 24.3 Å². The monoisotopic (exact) mass is 285 g/mol.